The summed E-state index contributed by atoms with van der Waals surface area (Å²) in [7, 11) is 0. The third kappa shape index (κ3) is 2.80. The van der Waals surface area contributed by atoms with E-state index < -0.39 is 5.75 Å². The van der Waals surface area contributed by atoms with Crippen LogP contribution in [0.4, 0.5) is 5.69 Å². The van der Waals surface area contributed by atoms with Crippen LogP contribution in [0.15, 0.2) is 30.3 Å². The highest BCUT2D eigenvalue weighted by atomic mass is 35.5. The van der Waals surface area contributed by atoms with Crippen molar-refractivity contribution in [3.8, 4) is 17.2 Å². The van der Waals surface area contributed by atoms with Crippen LogP contribution in [0, 0.1) is 0 Å². The van der Waals surface area contributed by atoms with Crippen molar-refractivity contribution in [3.63, 3.8) is 0 Å². The van der Waals surface area contributed by atoms with Crippen LogP contribution in [0.25, 0.3) is 0 Å². The third-order valence-electron chi connectivity index (χ3n) is 2.63. The first kappa shape index (κ1) is 13.6. The molecule has 2 aromatic carbocycles. The normalized spacial score (nSPS) is 10.4. The second kappa shape index (κ2) is 5.47. The summed E-state index contributed by atoms with van der Waals surface area (Å²) in [5.41, 5.74) is 0.948. The molecule has 0 spiro atoms. The first-order valence-electron chi connectivity index (χ1n) is 5.41. The molecule has 0 fully saturated rings. The molecule has 0 aliphatic heterocycles. The quantitative estimate of drug-likeness (QED) is 0.652. The molecule has 0 heterocycles. The molecule has 0 atom stereocenters. The molecular formula is C13H11Cl2NO3. The number of nitrogens with one attached hydrogen (secondary N) is 1. The number of para-hydroxylation sites is 1. The minimum Gasteiger partial charge on any atom is -0.504 e. The van der Waals surface area contributed by atoms with Crippen LogP contribution in [0.2, 0.25) is 10.0 Å². The molecule has 6 heteroatoms. The highest BCUT2D eigenvalue weighted by Gasteiger charge is 2.12. The van der Waals surface area contributed by atoms with Crippen LogP contribution < -0.4 is 5.32 Å². The Morgan fingerprint density at radius 1 is 0.895 bits per heavy atom. The van der Waals surface area contributed by atoms with E-state index in [0.717, 1.165) is 0 Å². The Balaban J connectivity index is 2.22. The molecule has 0 saturated carbocycles. The monoisotopic (exact) mass is 299 g/mol. The van der Waals surface area contributed by atoms with Crippen molar-refractivity contribution in [3.05, 3.63) is 45.9 Å². The van der Waals surface area contributed by atoms with E-state index in [1.165, 1.54) is 12.1 Å². The van der Waals surface area contributed by atoms with Crippen LogP contribution >= 0.6 is 23.2 Å². The summed E-state index contributed by atoms with van der Waals surface area (Å²) in [6.07, 6.45) is 0. The average molecular weight is 300 g/mol. The molecular weight excluding hydrogens is 289 g/mol. The van der Waals surface area contributed by atoms with Crippen molar-refractivity contribution in [2.45, 2.75) is 6.54 Å². The summed E-state index contributed by atoms with van der Waals surface area (Å²) in [4.78, 5) is 0. The highest BCUT2D eigenvalue weighted by Crippen LogP contribution is 2.38. The van der Waals surface area contributed by atoms with Gasteiger partial charge in [-0.15, -0.1) is 0 Å². The number of hydrogen-bond acceptors (Lipinski definition) is 4. The lowest BCUT2D eigenvalue weighted by Crippen LogP contribution is -2.01. The van der Waals surface area contributed by atoms with Gasteiger partial charge in [0.2, 0.25) is 5.75 Å². The second-order valence-corrected chi connectivity index (χ2v) is 4.71. The van der Waals surface area contributed by atoms with Gasteiger partial charge in [-0.25, -0.2) is 0 Å². The Bertz CT molecular complexity index is 597. The molecule has 100 valence electrons. The summed E-state index contributed by atoms with van der Waals surface area (Å²) < 4.78 is 0. The summed E-state index contributed by atoms with van der Waals surface area (Å²) in [5.74, 6) is -1.31. The van der Waals surface area contributed by atoms with Crippen LogP contribution in [0.5, 0.6) is 17.2 Å². The maximum atomic E-state index is 9.68. The van der Waals surface area contributed by atoms with E-state index in [-0.39, 0.29) is 18.0 Å². The molecule has 2 rings (SSSR count). The zero-order chi connectivity index (χ0) is 14.0. The van der Waals surface area contributed by atoms with Crippen LogP contribution in [-0.2, 0) is 6.54 Å². The van der Waals surface area contributed by atoms with Gasteiger partial charge in [0.25, 0.3) is 0 Å². The SMILES string of the molecule is Oc1ccc(CNc2c(Cl)cccc2Cl)c(O)c1O. The number of anilines is 1. The number of rotatable bonds is 3. The number of benzene rings is 2. The van der Waals surface area contributed by atoms with Gasteiger partial charge in [0, 0.05) is 12.1 Å². The molecule has 0 saturated heterocycles. The maximum absolute atomic E-state index is 9.68. The first-order chi connectivity index (χ1) is 9.00. The van der Waals surface area contributed by atoms with Crippen LogP contribution in [-0.4, -0.2) is 15.3 Å². The molecule has 0 aliphatic carbocycles. The third-order valence-corrected chi connectivity index (χ3v) is 3.26. The van der Waals surface area contributed by atoms with Gasteiger partial charge in [-0.3, -0.25) is 0 Å². The standard InChI is InChI=1S/C13H11Cl2NO3/c14-8-2-1-3-9(15)11(8)16-6-7-4-5-10(17)13(19)12(7)18/h1-5,16-19H,6H2. The second-order valence-electron chi connectivity index (χ2n) is 3.89. The Labute approximate surface area is 119 Å². The van der Waals surface area contributed by atoms with Crippen molar-refractivity contribution < 1.29 is 15.3 Å². The fraction of sp³-hybridized carbons (Fsp3) is 0.0769. The van der Waals surface area contributed by atoms with Crippen molar-refractivity contribution in [1.29, 1.82) is 0 Å². The van der Waals surface area contributed by atoms with E-state index in [4.69, 9.17) is 23.2 Å². The van der Waals surface area contributed by atoms with Crippen molar-refractivity contribution in [2.24, 2.45) is 0 Å². The van der Waals surface area contributed by atoms with Gasteiger partial charge >= 0.3 is 0 Å². The van der Waals surface area contributed by atoms with Gasteiger partial charge in [-0.1, -0.05) is 29.3 Å². The summed E-state index contributed by atoms with van der Waals surface area (Å²) in [6.45, 7) is 0.198. The van der Waals surface area contributed by atoms with E-state index in [9.17, 15) is 15.3 Å². The van der Waals surface area contributed by atoms with E-state index in [1.807, 2.05) is 0 Å². The van der Waals surface area contributed by atoms with Crippen molar-refractivity contribution >= 4 is 28.9 Å². The largest absolute Gasteiger partial charge is 0.504 e. The number of phenols is 3. The summed E-state index contributed by atoms with van der Waals surface area (Å²) in [5, 5.41) is 32.2. The smallest absolute Gasteiger partial charge is 0.200 e. The Morgan fingerprint density at radius 2 is 1.53 bits per heavy atom. The summed E-state index contributed by atoms with van der Waals surface area (Å²) >= 11 is 12.0. The van der Waals surface area contributed by atoms with Gasteiger partial charge < -0.3 is 20.6 Å². The van der Waals surface area contributed by atoms with Gasteiger partial charge in [-0.05, 0) is 24.3 Å². The zero-order valence-electron chi connectivity index (χ0n) is 9.69. The predicted octanol–water partition coefficient (Wildman–Crippen LogP) is 3.72. The lowest BCUT2D eigenvalue weighted by Gasteiger charge is -2.12. The van der Waals surface area contributed by atoms with Crippen LogP contribution in [0.3, 0.4) is 0 Å². The predicted molar refractivity (Wildman–Crippen MR) is 75.2 cm³/mol. The zero-order valence-corrected chi connectivity index (χ0v) is 11.2. The molecule has 0 amide bonds. The summed E-state index contributed by atoms with van der Waals surface area (Å²) in [6, 6.07) is 7.87. The maximum Gasteiger partial charge on any atom is 0.200 e. The minimum atomic E-state index is -0.551. The molecule has 4 N–H and O–H groups in total. The average Bonchev–Trinajstić information content (AvgIpc) is 2.38. The van der Waals surface area contributed by atoms with E-state index >= 15 is 0 Å². The molecule has 2 aromatic rings. The highest BCUT2D eigenvalue weighted by molar-refractivity contribution is 6.39. The first-order valence-corrected chi connectivity index (χ1v) is 6.17. The fourth-order valence-electron chi connectivity index (χ4n) is 1.60. The van der Waals surface area contributed by atoms with Crippen molar-refractivity contribution in [2.75, 3.05) is 5.32 Å². The van der Waals surface area contributed by atoms with E-state index in [2.05, 4.69) is 5.32 Å². The lowest BCUT2D eigenvalue weighted by molar-refractivity contribution is 0.365. The molecule has 19 heavy (non-hydrogen) atoms. The Hall–Kier alpha value is -1.78. The molecule has 0 aromatic heterocycles. The molecule has 0 bridgehead atoms. The molecule has 0 aliphatic rings. The lowest BCUT2D eigenvalue weighted by atomic mass is 10.1. The number of phenolic OH excluding ortho intramolecular Hbond substituents is 3. The number of aromatic hydroxyl groups is 3. The van der Waals surface area contributed by atoms with Crippen molar-refractivity contribution in [1.82, 2.24) is 0 Å². The van der Waals surface area contributed by atoms with Gasteiger partial charge in [0.1, 0.15) is 0 Å². The van der Waals surface area contributed by atoms with Crippen LogP contribution in [0.1, 0.15) is 5.56 Å². The minimum absolute atomic E-state index is 0.198. The van der Waals surface area contributed by atoms with E-state index in [1.54, 1.807) is 18.2 Å². The van der Waals surface area contributed by atoms with Gasteiger partial charge in [-0.2, -0.15) is 0 Å². The van der Waals surface area contributed by atoms with Gasteiger partial charge in [0.15, 0.2) is 11.5 Å². The topological polar surface area (TPSA) is 72.7 Å². The Morgan fingerprint density at radius 3 is 2.16 bits per heavy atom. The number of halogens is 2. The molecule has 0 radical (unpaired) electrons. The fourth-order valence-corrected chi connectivity index (χ4v) is 2.13. The molecule has 4 nitrogen and oxygen atoms in total. The number of hydrogen-bond donors (Lipinski definition) is 4. The van der Waals surface area contributed by atoms with Gasteiger partial charge in [0.05, 0.1) is 15.7 Å². The Kier molecular flexibility index (Phi) is 3.93. The molecule has 0 unspecified atom stereocenters. The van der Waals surface area contributed by atoms with E-state index in [0.29, 0.717) is 21.3 Å².